The van der Waals surface area contributed by atoms with E-state index in [0.29, 0.717) is 36.8 Å². The van der Waals surface area contributed by atoms with Crippen LogP contribution in [-0.2, 0) is 0 Å². The van der Waals surface area contributed by atoms with Crippen LogP contribution < -0.4 is 14.8 Å². The van der Waals surface area contributed by atoms with Gasteiger partial charge in [-0.2, -0.15) is 5.26 Å². The molecule has 0 aromatic heterocycles. The number of benzene rings is 2. The number of nitriles is 1. The van der Waals surface area contributed by atoms with Crippen molar-refractivity contribution in [3.8, 4) is 17.6 Å². The van der Waals surface area contributed by atoms with Gasteiger partial charge in [-0.15, -0.1) is 0 Å². The van der Waals surface area contributed by atoms with Crippen LogP contribution in [0.5, 0.6) is 11.5 Å². The number of aliphatic hydroxyl groups is 1. The van der Waals surface area contributed by atoms with Crippen molar-refractivity contribution in [3.05, 3.63) is 64.2 Å². The standard InChI is InChI=1S/C18H19N3O5/c19-11-14-1-5-18(6-2-14)26-13-16(22)12-20-9-10-25-17-7-3-15(4-8-17)21(23)24/h1-8,16,20,22H,9-10,12-13H2. The molecule has 2 N–H and O–H groups in total. The molecule has 0 saturated heterocycles. The van der Waals surface area contributed by atoms with Gasteiger partial charge in [0.25, 0.3) is 5.69 Å². The van der Waals surface area contributed by atoms with Crippen LogP contribution in [0.3, 0.4) is 0 Å². The van der Waals surface area contributed by atoms with Gasteiger partial charge >= 0.3 is 0 Å². The first kappa shape index (κ1) is 19.2. The van der Waals surface area contributed by atoms with E-state index in [0.717, 1.165) is 0 Å². The summed E-state index contributed by atoms with van der Waals surface area (Å²) in [6.07, 6.45) is -0.690. The van der Waals surface area contributed by atoms with Crippen molar-refractivity contribution in [3.63, 3.8) is 0 Å². The first-order valence-electron chi connectivity index (χ1n) is 7.97. The summed E-state index contributed by atoms with van der Waals surface area (Å²) in [5.74, 6) is 1.13. The van der Waals surface area contributed by atoms with E-state index in [-0.39, 0.29) is 12.3 Å². The molecule has 0 aliphatic carbocycles. The van der Waals surface area contributed by atoms with Crippen LogP contribution in [0.25, 0.3) is 0 Å². The highest BCUT2D eigenvalue weighted by molar-refractivity contribution is 5.36. The van der Waals surface area contributed by atoms with E-state index in [1.165, 1.54) is 12.1 Å². The molecular weight excluding hydrogens is 338 g/mol. The fraction of sp³-hybridized carbons (Fsp3) is 0.278. The number of non-ortho nitro benzene ring substituents is 1. The van der Waals surface area contributed by atoms with Gasteiger partial charge in [-0.05, 0) is 36.4 Å². The number of rotatable bonds is 10. The Hall–Kier alpha value is -3.15. The zero-order valence-electron chi connectivity index (χ0n) is 14.0. The second-order valence-electron chi connectivity index (χ2n) is 5.40. The summed E-state index contributed by atoms with van der Waals surface area (Å²) < 4.78 is 10.9. The van der Waals surface area contributed by atoms with E-state index in [1.54, 1.807) is 36.4 Å². The Balaban J connectivity index is 1.58. The van der Waals surface area contributed by atoms with Gasteiger partial charge in [0, 0.05) is 25.2 Å². The van der Waals surface area contributed by atoms with Crippen molar-refractivity contribution in [2.75, 3.05) is 26.3 Å². The third-order valence-corrected chi connectivity index (χ3v) is 3.40. The fourth-order valence-electron chi connectivity index (χ4n) is 2.05. The van der Waals surface area contributed by atoms with Crippen LogP contribution in [0, 0.1) is 21.4 Å². The molecule has 0 saturated carbocycles. The highest BCUT2D eigenvalue weighted by atomic mass is 16.6. The highest BCUT2D eigenvalue weighted by Crippen LogP contribution is 2.17. The third-order valence-electron chi connectivity index (χ3n) is 3.40. The third kappa shape index (κ3) is 6.39. The number of aliphatic hydroxyl groups excluding tert-OH is 1. The maximum absolute atomic E-state index is 10.6. The second kappa shape index (κ2) is 9.98. The first-order valence-corrected chi connectivity index (χ1v) is 7.97. The van der Waals surface area contributed by atoms with Gasteiger partial charge in [0.1, 0.15) is 30.8 Å². The van der Waals surface area contributed by atoms with Crippen LogP contribution in [0.15, 0.2) is 48.5 Å². The van der Waals surface area contributed by atoms with Gasteiger partial charge in [0.15, 0.2) is 0 Å². The van der Waals surface area contributed by atoms with Gasteiger partial charge in [-0.3, -0.25) is 10.1 Å². The predicted octanol–water partition coefficient (Wildman–Crippen LogP) is 1.87. The van der Waals surface area contributed by atoms with Crippen molar-refractivity contribution in [2.24, 2.45) is 0 Å². The SMILES string of the molecule is N#Cc1ccc(OCC(O)CNCCOc2ccc([N+](=O)[O-])cc2)cc1. The monoisotopic (exact) mass is 357 g/mol. The maximum Gasteiger partial charge on any atom is 0.269 e. The van der Waals surface area contributed by atoms with Crippen molar-refractivity contribution >= 4 is 5.69 Å². The molecule has 0 aliphatic rings. The van der Waals surface area contributed by atoms with Crippen LogP contribution in [0.4, 0.5) is 5.69 Å². The summed E-state index contributed by atoms with van der Waals surface area (Å²) in [6, 6.07) is 14.5. The molecule has 2 aromatic carbocycles. The van der Waals surface area contributed by atoms with Crippen LogP contribution in [-0.4, -0.2) is 42.4 Å². The number of ether oxygens (including phenoxy) is 2. The molecule has 8 heteroatoms. The number of hydrogen-bond acceptors (Lipinski definition) is 7. The molecule has 136 valence electrons. The van der Waals surface area contributed by atoms with Gasteiger partial charge < -0.3 is 19.9 Å². The minimum absolute atomic E-state index is 0.0147. The van der Waals surface area contributed by atoms with Crippen molar-refractivity contribution in [2.45, 2.75) is 6.10 Å². The zero-order valence-corrected chi connectivity index (χ0v) is 14.0. The van der Waals surface area contributed by atoms with Gasteiger partial charge in [-0.1, -0.05) is 0 Å². The van der Waals surface area contributed by atoms with E-state index < -0.39 is 11.0 Å². The largest absolute Gasteiger partial charge is 0.492 e. The Morgan fingerprint density at radius 2 is 1.73 bits per heavy atom. The molecule has 0 heterocycles. The lowest BCUT2D eigenvalue weighted by molar-refractivity contribution is -0.384. The van der Waals surface area contributed by atoms with Gasteiger partial charge in [0.2, 0.25) is 0 Å². The Bertz CT molecular complexity index is 741. The topological polar surface area (TPSA) is 118 Å². The molecule has 1 atom stereocenters. The Morgan fingerprint density at radius 1 is 1.12 bits per heavy atom. The fourth-order valence-corrected chi connectivity index (χ4v) is 2.05. The summed E-state index contributed by atoms with van der Waals surface area (Å²) >= 11 is 0. The molecule has 26 heavy (non-hydrogen) atoms. The number of nitro groups is 1. The molecule has 2 rings (SSSR count). The number of nitro benzene ring substituents is 1. The molecule has 8 nitrogen and oxygen atoms in total. The molecule has 2 aromatic rings. The lowest BCUT2D eigenvalue weighted by Crippen LogP contribution is -2.33. The van der Waals surface area contributed by atoms with E-state index >= 15 is 0 Å². The van der Waals surface area contributed by atoms with Crippen LogP contribution in [0.2, 0.25) is 0 Å². The maximum atomic E-state index is 10.6. The Morgan fingerprint density at radius 3 is 2.35 bits per heavy atom. The van der Waals surface area contributed by atoms with E-state index in [2.05, 4.69) is 5.32 Å². The van der Waals surface area contributed by atoms with Crippen molar-refractivity contribution in [1.29, 1.82) is 5.26 Å². The predicted molar refractivity (Wildman–Crippen MR) is 94.1 cm³/mol. The van der Waals surface area contributed by atoms with Gasteiger partial charge in [-0.25, -0.2) is 0 Å². The van der Waals surface area contributed by atoms with E-state index in [4.69, 9.17) is 14.7 Å². The summed E-state index contributed by atoms with van der Waals surface area (Å²) in [7, 11) is 0. The molecule has 0 bridgehead atoms. The number of hydrogen-bond donors (Lipinski definition) is 2. The Labute approximate surface area is 150 Å². The highest BCUT2D eigenvalue weighted by Gasteiger charge is 2.06. The van der Waals surface area contributed by atoms with E-state index in [1.807, 2.05) is 6.07 Å². The Kier molecular flexibility index (Phi) is 7.36. The minimum atomic E-state index is -0.690. The molecule has 0 amide bonds. The lowest BCUT2D eigenvalue weighted by Gasteiger charge is -2.13. The van der Waals surface area contributed by atoms with Gasteiger partial charge in [0.05, 0.1) is 16.6 Å². The van der Waals surface area contributed by atoms with Crippen LogP contribution >= 0.6 is 0 Å². The van der Waals surface area contributed by atoms with Crippen LogP contribution in [0.1, 0.15) is 5.56 Å². The summed E-state index contributed by atoms with van der Waals surface area (Å²) in [6.45, 7) is 1.33. The molecule has 0 spiro atoms. The van der Waals surface area contributed by atoms with E-state index in [9.17, 15) is 15.2 Å². The minimum Gasteiger partial charge on any atom is -0.492 e. The number of nitrogens with one attached hydrogen (secondary N) is 1. The lowest BCUT2D eigenvalue weighted by atomic mass is 10.2. The first-order chi connectivity index (χ1) is 12.6. The molecule has 0 fully saturated rings. The number of nitrogens with zero attached hydrogens (tertiary/aromatic N) is 2. The smallest absolute Gasteiger partial charge is 0.269 e. The normalized spacial score (nSPS) is 11.4. The summed E-state index contributed by atoms with van der Waals surface area (Å²) in [4.78, 5) is 10.1. The second-order valence-corrected chi connectivity index (χ2v) is 5.40. The molecule has 1 unspecified atom stereocenters. The molecular formula is C18H19N3O5. The average Bonchev–Trinajstić information content (AvgIpc) is 2.67. The van der Waals surface area contributed by atoms with Crippen molar-refractivity contribution < 1.29 is 19.5 Å². The quantitative estimate of drug-likeness (QED) is 0.379. The zero-order chi connectivity index (χ0) is 18.8. The summed E-state index contributed by atoms with van der Waals surface area (Å²) in [5, 5.41) is 32.2. The van der Waals surface area contributed by atoms with Crippen molar-refractivity contribution in [1.82, 2.24) is 5.32 Å². The molecule has 0 radical (unpaired) electrons. The average molecular weight is 357 g/mol. The molecule has 0 aliphatic heterocycles. The summed E-state index contributed by atoms with van der Waals surface area (Å²) in [5.41, 5.74) is 0.563.